The van der Waals surface area contributed by atoms with E-state index >= 15 is 0 Å². The smallest absolute Gasteiger partial charge is 0.326 e. The second-order valence-electron chi connectivity index (χ2n) is 7.98. The van der Waals surface area contributed by atoms with Crippen LogP contribution in [0, 0.1) is 5.82 Å². The molecule has 0 saturated heterocycles. The van der Waals surface area contributed by atoms with Crippen LogP contribution in [0.2, 0.25) is 0 Å². The third kappa shape index (κ3) is 4.38. The molecular formula is C27H23FN4O3. The lowest BCUT2D eigenvalue weighted by Gasteiger charge is -2.35. The third-order valence-electron chi connectivity index (χ3n) is 5.78. The first kappa shape index (κ1) is 22.3. The van der Waals surface area contributed by atoms with Gasteiger partial charge < -0.3 is 14.6 Å². The Morgan fingerprint density at radius 2 is 1.74 bits per heavy atom. The van der Waals surface area contributed by atoms with Crippen LogP contribution in [0.4, 0.5) is 14.9 Å². The van der Waals surface area contributed by atoms with Crippen LogP contribution in [0.5, 0.6) is 5.75 Å². The van der Waals surface area contributed by atoms with Gasteiger partial charge in [0.25, 0.3) is 5.89 Å². The topological polar surface area (TPSA) is 80.5 Å². The van der Waals surface area contributed by atoms with Crippen LogP contribution in [-0.2, 0) is 0 Å². The number of halogens is 1. The molecule has 0 saturated carbocycles. The zero-order valence-corrected chi connectivity index (χ0v) is 19.2. The van der Waals surface area contributed by atoms with Gasteiger partial charge in [-0.3, -0.25) is 4.90 Å². The van der Waals surface area contributed by atoms with E-state index < -0.39 is 6.04 Å². The standard InChI is InChI=1S/C27H23FN4O3/c1-3-34-22-15-13-21(14-16-22)32-17(2)23(24(29-27(32)33)18-9-11-20(28)12-10-18)26-30-25(31-35-26)19-7-5-4-6-8-19/h4-16,24H,3H2,1-2H3,(H,29,33). The fourth-order valence-electron chi connectivity index (χ4n) is 4.13. The van der Waals surface area contributed by atoms with Crippen molar-refractivity contribution in [3.63, 3.8) is 0 Å². The van der Waals surface area contributed by atoms with Crippen LogP contribution in [-0.4, -0.2) is 22.8 Å². The van der Waals surface area contributed by atoms with E-state index in [0.29, 0.717) is 40.7 Å². The number of carbonyl (C=O) groups is 1. The molecule has 7 nitrogen and oxygen atoms in total. The van der Waals surface area contributed by atoms with Gasteiger partial charge in [-0.15, -0.1) is 0 Å². The van der Waals surface area contributed by atoms with Crippen LogP contribution in [0.1, 0.15) is 31.3 Å². The Balaban J connectivity index is 1.62. The minimum atomic E-state index is -0.605. The van der Waals surface area contributed by atoms with Gasteiger partial charge in [0.05, 0.1) is 23.9 Å². The van der Waals surface area contributed by atoms with E-state index in [1.54, 1.807) is 17.0 Å². The summed E-state index contributed by atoms with van der Waals surface area (Å²) in [5, 5.41) is 7.18. The molecule has 0 aliphatic carbocycles. The number of carbonyl (C=O) groups excluding carboxylic acids is 1. The largest absolute Gasteiger partial charge is 0.494 e. The average Bonchev–Trinajstić information content (AvgIpc) is 3.36. The fraction of sp³-hybridized carbons (Fsp3) is 0.148. The van der Waals surface area contributed by atoms with Crippen molar-refractivity contribution in [3.8, 4) is 17.1 Å². The highest BCUT2D eigenvalue weighted by atomic mass is 19.1. The van der Waals surface area contributed by atoms with Gasteiger partial charge in [0.1, 0.15) is 11.6 Å². The number of aromatic nitrogens is 2. The highest BCUT2D eigenvalue weighted by molar-refractivity contribution is 6.01. The Hall–Kier alpha value is -4.46. The first-order chi connectivity index (χ1) is 17.0. The maximum Gasteiger partial charge on any atom is 0.326 e. The molecule has 0 fully saturated rings. The van der Waals surface area contributed by atoms with Crippen molar-refractivity contribution in [1.29, 1.82) is 0 Å². The Bertz CT molecular complexity index is 1370. The first-order valence-electron chi connectivity index (χ1n) is 11.2. The van der Waals surface area contributed by atoms with E-state index in [9.17, 15) is 9.18 Å². The minimum Gasteiger partial charge on any atom is -0.494 e. The van der Waals surface area contributed by atoms with Crippen molar-refractivity contribution in [2.24, 2.45) is 0 Å². The quantitative estimate of drug-likeness (QED) is 0.375. The molecule has 1 N–H and O–H groups in total. The van der Waals surface area contributed by atoms with Gasteiger partial charge in [-0.05, 0) is 55.8 Å². The van der Waals surface area contributed by atoms with Gasteiger partial charge >= 0.3 is 6.03 Å². The Labute approximate surface area is 201 Å². The molecule has 1 atom stereocenters. The van der Waals surface area contributed by atoms with E-state index in [-0.39, 0.29) is 17.7 Å². The maximum atomic E-state index is 13.6. The summed E-state index contributed by atoms with van der Waals surface area (Å²) in [7, 11) is 0. The van der Waals surface area contributed by atoms with Gasteiger partial charge in [0.2, 0.25) is 5.82 Å². The Morgan fingerprint density at radius 3 is 2.43 bits per heavy atom. The molecule has 1 aliphatic rings. The van der Waals surface area contributed by atoms with Gasteiger partial charge in [-0.1, -0.05) is 47.6 Å². The van der Waals surface area contributed by atoms with Gasteiger partial charge in [-0.2, -0.15) is 4.98 Å². The summed E-state index contributed by atoms with van der Waals surface area (Å²) in [5.74, 6) is 1.05. The van der Waals surface area contributed by atoms with Crippen molar-refractivity contribution < 1.29 is 18.4 Å². The lowest BCUT2D eigenvalue weighted by atomic mass is 9.94. The number of rotatable bonds is 6. The summed E-state index contributed by atoms with van der Waals surface area (Å²) in [5.41, 5.74) is 3.40. The number of anilines is 1. The van der Waals surface area contributed by atoms with Crippen molar-refractivity contribution >= 4 is 17.3 Å². The minimum absolute atomic E-state index is 0.270. The third-order valence-corrected chi connectivity index (χ3v) is 5.78. The molecule has 4 aromatic rings. The maximum absolute atomic E-state index is 13.6. The normalized spacial score (nSPS) is 15.8. The van der Waals surface area contributed by atoms with Crippen LogP contribution < -0.4 is 15.0 Å². The van der Waals surface area contributed by atoms with Crippen LogP contribution in [0.25, 0.3) is 17.0 Å². The van der Waals surface area contributed by atoms with Crippen LogP contribution in [0.15, 0.2) is 89.1 Å². The van der Waals surface area contributed by atoms with Crippen LogP contribution >= 0.6 is 0 Å². The summed E-state index contributed by atoms with van der Waals surface area (Å²) in [6.45, 7) is 4.29. The molecule has 1 aliphatic heterocycles. The molecule has 0 spiro atoms. The van der Waals surface area contributed by atoms with E-state index in [4.69, 9.17) is 9.26 Å². The number of nitrogens with zero attached hydrogens (tertiary/aromatic N) is 3. The van der Waals surface area contributed by atoms with E-state index in [1.807, 2.05) is 68.4 Å². The second kappa shape index (κ2) is 9.42. The highest BCUT2D eigenvalue weighted by Gasteiger charge is 2.36. The van der Waals surface area contributed by atoms with E-state index in [1.165, 1.54) is 12.1 Å². The van der Waals surface area contributed by atoms with Crippen molar-refractivity contribution in [3.05, 3.63) is 102 Å². The van der Waals surface area contributed by atoms with Gasteiger partial charge in [0, 0.05) is 11.3 Å². The molecule has 3 aromatic carbocycles. The number of ether oxygens (including phenoxy) is 1. The van der Waals surface area contributed by atoms with E-state index in [2.05, 4.69) is 15.5 Å². The SMILES string of the molecule is CCOc1ccc(N2C(=O)NC(c3ccc(F)cc3)C(c3nc(-c4ccccc4)no3)=C2C)cc1. The second-order valence-corrected chi connectivity index (χ2v) is 7.98. The Kier molecular flexibility index (Phi) is 6.01. The van der Waals surface area contributed by atoms with Crippen molar-refractivity contribution in [2.45, 2.75) is 19.9 Å². The molecule has 2 amide bonds. The molecule has 8 heteroatoms. The number of urea groups is 1. The lowest BCUT2D eigenvalue weighted by Crippen LogP contribution is -2.46. The summed E-state index contributed by atoms with van der Waals surface area (Å²) in [4.78, 5) is 19.5. The van der Waals surface area contributed by atoms with Gasteiger partial charge in [0.15, 0.2) is 0 Å². The van der Waals surface area contributed by atoms with Crippen molar-refractivity contribution in [2.75, 3.05) is 11.5 Å². The molecule has 2 heterocycles. The Morgan fingerprint density at radius 1 is 1.03 bits per heavy atom. The number of nitrogens with one attached hydrogen (secondary N) is 1. The molecule has 176 valence electrons. The zero-order chi connectivity index (χ0) is 24.4. The van der Waals surface area contributed by atoms with E-state index in [0.717, 1.165) is 5.56 Å². The highest BCUT2D eigenvalue weighted by Crippen LogP contribution is 2.39. The molecule has 0 bridgehead atoms. The molecule has 5 rings (SSSR count). The van der Waals surface area contributed by atoms with Crippen LogP contribution in [0.3, 0.4) is 0 Å². The summed E-state index contributed by atoms with van der Waals surface area (Å²) < 4.78 is 24.8. The summed E-state index contributed by atoms with van der Waals surface area (Å²) in [6.07, 6.45) is 0. The first-order valence-corrected chi connectivity index (χ1v) is 11.2. The molecule has 35 heavy (non-hydrogen) atoms. The molecule has 1 aromatic heterocycles. The molecule has 0 radical (unpaired) electrons. The predicted molar refractivity (Wildman–Crippen MR) is 130 cm³/mol. The molecule has 1 unspecified atom stereocenters. The molecular weight excluding hydrogens is 447 g/mol. The number of allylic oxidation sites excluding steroid dienone is 1. The number of benzene rings is 3. The zero-order valence-electron chi connectivity index (χ0n) is 19.2. The number of hydrogen-bond donors (Lipinski definition) is 1. The summed E-state index contributed by atoms with van der Waals surface area (Å²) >= 11 is 0. The number of hydrogen-bond acceptors (Lipinski definition) is 5. The van der Waals surface area contributed by atoms with Gasteiger partial charge in [-0.25, -0.2) is 9.18 Å². The average molecular weight is 471 g/mol. The lowest BCUT2D eigenvalue weighted by molar-refractivity contribution is 0.244. The van der Waals surface area contributed by atoms with Crippen molar-refractivity contribution in [1.82, 2.24) is 15.5 Å². The summed E-state index contributed by atoms with van der Waals surface area (Å²) in [6, 6.07) is 21.8. The fourth-order valence-corrected chi connectivity index (χ4v) is 4.13. The predicted octanol–water partition coefficient (Wildman–Crippen LogP) is 5.98. The monoisotopic (exact) mass is 470 g/mol. The number of amides is 2.